The quantitative estimate of drug-likeness (QED) is 0.684. The van der Waals surface area contributed by atoms with Crippen LogP contribution in [0, 0.1) is 18.3 Å². The van der Waals surface area contributed by atoms with Crippen molar-refractivity contribution in [3.63, 3.8) is 0 Å². The van der Waals surface area contributed by atoms with Gasteiger partial charge in [0.1, 0.15) is 17.4 Å². The molecule has 1 aromatic carbocycles. The number of halogens is 1. The minimum Gasteiger partial charge on any atom is -0.494 e. The monoisotopic (exact) mass is 446 g/mol. The molecule has 0 aliphatic carbocycles. The van der Waals surface area contributed by atoms with Crippen LogP contribution in [0.4, 0.5) is 0 Å². The number of nitrogens with zero attached hydrogens (tertiary/aromatic N) is 2. The highest BCUT2D eigenvalue weighted by atomic mass is 79.9. The van der Waals surface area contributed by atoms with Crippen LogP contribution in [-0.4, -0.2) is 34.8 Å². The molecule has 1 aliphatic rings. The van der Waals surface area contributed by atoms with Gasteiger partial charge in [-0.25, -0.2) is 0 Å². The molecule has 1 fully saturated rings. The first-order valence-electron chi connectivity index (χ1n) is 8.82. The Bertz CT molecular complexity index is 986. The van der Waals surface area contributed by atoms with Crippen molar-refractivity contribution in [1.82, 2.24) is 4.57 Å². The Morgan fingerprint density at radius 2 is 2.14 bits per heavy atom. The maximum atomic E-state index is 12.7. The number of carbonyl (C=O) groups is 1. The number of ketones is 1. The molecular weight excluding hydrogens is 428 g/mol. The number of Topliss-reactive ketones (excluding diaryl/α,β-unsaturated/α-hetero) is 1. The number of hydrogen-bond acceptors (Lipinski definition) is 6. The minimum absolute atomic E-state index is 0.0775. The van der Waals surface area contributed by atoms with Crippen molar-refractivity contribution in [3.05, 3.63) is 55.8 Å². The van der Waals surface area contributed by atoms with Gasteiger partial charge in [0.25, 0.3) is 5.56 Å². The summed E-state index contributed by atoms with van der Waals surface area (Å²) >= 11 is 3.32. The summed E-state index contributed by atoms with van der Waals surface area (Å²) in [7, 11) is 0. The van der Waals surface area contributed by atoms with Crippen LogP contribution in [0.3, 0.4) is 0 Å². The molecule has 3 rings (SSSR count). The van der Waals surface area contributed by atoms with Crippen molar-refractivity contribution >= 4 is 21.7 Å². The highest BCUT2D eigenvalue weighted by molar-refractivity contribution is 9.10. The molecule has 0 spiro atoms. The van der Waals surface area contributed by atoms with Crippen LogP contribution in [-0.2, 0) is 11.3 Å². The van der Waals surface area contributed by atoms with E-state index in [1.807, 2.05) is 6.07 Å². The Labute approximate surface area is 170 Å². The minimum atomic E-state index is -0.627. The molecule has 1 aliphatic heterocycles. The molecule has 1 aromatic heterocycles. The van der Waals surface area contributed by atoms with Crippen LogP contribution in [0.15, 0.2) is 33.5 Å². The zero-order valence-corrected chi connectivity index (χ0v) is 16.9. The zero-order chi connectivity index (χ0) is 20.3. The van der Waals surface area contributed by atoms with E-state index in [2.05, 4.69) is 15.9 Å². The lowest BCUT2D eigenvalue weighted by Gasteiger charge is -2.18. The highest BCUT2D eigenvalue weighted by Crippen LogP contribution is 2.25. The van der Waals surface area contributed by atoms with Crippen molar-refractivity contribution in [3.8, 4) is 17.7 Å². The van der Waals surface area contributed by atoms with Gasteiger partial charge in [0.15, 0.2) is 6.61 Å². The van der Waals surface area contributed by atoms with Gasteiger partial charge in [-0.1, -0.05) is 15.9 Å². The number of pyridine rings is 1. The third-order valence-corrected chi connectivity index (χ3v) is 5.20. The van der Waals surface area contributed by atoms with Crippen molar-refractivity contribution in [2.45, 2.75) is 32.4 Å². The van der Waals surface area contributed by atoms with E-state index < -0.39 is 17.2 Å². The van der Waals surface area contributed by atoms with Crippen LogP contribution in [0.25, 0.3) is 0 Å². The SMILES string of the molecule is Cc1c(C(=O)COc2ccc(Br)cc2)c(O)n(CC2CCCO2)c(=O)c1C#N. The number of ether oxygens (including phenoxy) is 2. The molecular formula is C20H19BrN2O5. The Kier molecular flexibility index (Phi) is 6.17. The topological polar surface area (TPSA) is 102 Å². The summed E-state index contributed by atoms with van der Waals surface area (Å²) in [6.45, 7) is 1.82. The summed E-state index contributed by atoms with van der Waals surface area (Å²) in [4.78, 5) is 25.3. The number of benzene rings is 1. The molecule has 1 unspecified atom stereocenters. The standard InChI is InChI=1S/C20H19BrN2O5/c1-12-16(9-22)19(25)23(10-15-3-2-8-27-15)20(26)18(12)17(24)11-28-14-6-4-13(21)5-7-14/h4-7,15,26H,2-3,8,10-11H2,1H3. The fraction of sp³-hybridized carbons (Fsp3) is 0.350. The lowest BCUT2D eigenvalue weighted by molar-refractivity contribution is 0.0894. The predicted molar refractivity (Wildman–Crippen MR) is 105 cm³/mol. The molecule has 0 bridgehead atoms. The van der Waals surface area contributed by atoms with E-state index in [1.165, 1.54) is 6.92 Å². The van der Waals surface area contributed by atoms with Gasteiger partial charge in [-0.05, 0) is 49.6 Å². The molecule has 0 saturated carbocycles. The van der Waals surface area contributed by atoms with Gasteiger partial charge in [0, 0.05) is 11.1 Å². The number of hydrogen-bond donors (Lipinski definition) is 1. The molecule has 0 amide bonds. The van der Waals surface area contributed by atoms with Gasteiger partial charge >= 0.3 is 0 Å². The lowest BCUT2D eigenvalue weighted by atomic mass is 10.0. The molecule has 7 nitrogen and oxygen atoms in total. The summed E-state index contributed by atoms with van der Waals surface area (Å²) < 4.78 is 12.9. The maximum Gasteiger partial charge on any atom is 0.271 e. The van der Waals surface area contributed by atoms with Crippen molar-refractivity contribution in [1.29, 1.82) is 5.26 Å². The van der Waals surface area contributed by atoms with E-state index in [9.17, 15) is 20.0 Å². The number of nitriles is 1. The van der Waals surface area contributed by atoms with Crippen LogP contribution in [0.5, 0.6) is 11.6 Å². The molecule has 28 heavy (non-hydrogen) atoms. The first-order chi connectivity index (χ1) is 13.4. The number of aromatic nitrogens is 1. The predicted octanol–water partition coefficient (Wildman–Crippen LogP) is 2.94. The lowest BCUT2D eigenvalue weighted by Crippen LogP contribution is -2.31. The summed E-state index contributed by atoms with van der Waals surface area (Å²) in [5.41, 5.74) is -0.717. The third kappa shape index (κ3) is 4.11. The van der Waals surface area contributed by atoms with Gasteiger partial charge in [-0.15, -0.1) is 0 Å². The molecule has 1 atom stereocenters. The van der Waals surface area contributed by atoms with E-state index in [0.717, 1.165) is 21.9 Å². The summed E-state index contributed by atoms with van der Waals surface area (Å²) in [6, 6.07) is 8.79. The summed E-state index contributed by atoms with van der Waals surface area (Å²) in [5, 5.41) is 20.0. The van der Waals surface area contributed by atoms with Crippen LogP contribution in [0.1, 0.15) is 34.3 Å². The Morgan fingerprint density at radius 1 is 1.43 bits per heavy atom. The first-order valence-corrected chi connectivity index (χ1v) is 9.61. The number of carbonyl (C=O) groups excluding carboxylic acids is 1. The fourth-order valence-electron chi connectivity index (χ4n) is 3.20. The second kappa shape index (κ2) is 8.59. The molecule has 1 saturated heterocycles. The van der Waals surface area contributed by atoms with E-state index in [1.54, 1.807) is 24.3 Å². The normalized spacial score (nSPS) is 16.0. The largest absolute Gasteiger partial charge is 0.494 e. The molecule has 2 heterocycles. The molecule has 146 valence electrons. The second-order valence-corrected chi connectivity index (χ2v) is 7.44. The summed E-state index contributed by atoms with van der Waals surface area (Å²) in [6.07, 6.45) is 1.38. The van der Waals surface area contributed by atoms with Crippen LogP contribution >= 0.6 is 15.9 Å². The molecule has 1 N–H and O–H groups in total. The zero-order valence-electron chi connectivity index (χ0n) is 15.3. The van der Waals surface area contributed by atoms with Crippen molar-refractivity contribution in [2.24, 2.45) is 0 Å². The summed E-state index contributed by atoms with van der Waals surface area (Å²) in [5.74, 6) is -0.487. The smallest absolute Gasteiger partial charge is 0.271 e. The van der Waals surface area contributed by atoms with Crippen LogP contribution in [0.2, 0.25) is 0 Å². The van der Waals surface area contributed by atoms with Gasteiger partial charge in [-0.2, -0.15) is 5.26 Å². The molecule has 2 aromatic rings. The van der Waals surface area contributed by atoms with Gasteiger partial charge in [-0.3, -0.25) is 14.2 Å². The van der Waals surface area contributed by atoms with Crippen molar-refractivity contribution < 1.29 is 19.4 Å². The molecule has 0 radical (unpaired) electrons. The second-order valence-electron chi connectivity index (χ2n) is 6.53. The number of aromatic hydroxyl groups is 1. The maximum absolute atomic E-state index is 12.7. The van der Waals surface area contributed by atoms with E-state index in [-0.39, 0.29) is 35.9 Å². The van der Waals surface area contributed by atoms with E-state index in [4.69, 9.17) is 9.47 Å². The van der Waals surface area contributed by atoms with E-state index >= 15 is 0 Å². The highest BCUT2D eigenvalue weighted by Gasteiger charge is 2.26. The Hall–Kier alpha value is -2.63. The van der Waals surface area contributed by atoms with Gasteiger partial charge < -0.3 is 14.6 Å². The molecule has 8 heteroatoms. The first kappa shape index (κ1) is 20.1. The number of rotatable bonds is 6. The van der Waals surface area contributed by atoms with Crippen LogP contribution < -0.4 is 10.3 Å². The van der Waals surface area contributed by atoms with Crippen molar-refractivity contribution in [2.75, 3.05) is 13.2 Å². The fourth-order valence-corrected chi connectivity index (χ4v) is 3.46. The Balaban J connectivity index is 1.92. The van der Waals surface area contributed by atoms with Gasteiger partial charge in [0.2, 0.25) is 11.7 Å². The van der Waals surface area contributed by atoms with E-state index in [0.29, 0.717) is 12.4 Å². The average molecular weight is 447 g/mol. The Morgan fingerprint density at radius 3 is 2.75 bits per heavy atom. The third-order valence-electron chi connectivity index (χ3n) is 4.67. The van der Waals surface area contributed by atoms with Gasteiger partial charge in [0.05, 0.1) is 18.2 Å². The average Bonchev–Trinajstić information content (AvgIpc) is 3.18.